The molecule has 2 rings (SSSR count). The van der Waals surface area contributed by atoms with Gasteiger partial charge in [0, 0.05) is 17.1 Å². The predicted octanol–water partition coefficient (Wildman–Crippen LogP) is 2.05. The number of H-pyrrole nitrogens is 1. The van der Waals surface area contributed by atoms with E-state index < -0.39 is 0 Å². The summed E-state index contributed by atoms with van der Waals surface area (Å²) in [5, 5.41) is 1.03. The average molecular weight is 188 g/mol. The molecule has 0 saturated carbocycles. The Kier molecular flexibility index (Phi) is 2.08. The molecule has 1 N–H and O–H groups in total. The maximum Gasteiger partial charge on any atom is 0.251 e. The van der Waals surface area contributed by atoms with Gasteiger partial charge in [0.25, 0.3) is 5.56 Å². The fourth-order valence-electron chi connectivity index (χ4n) is 1.49. The number of rotatable bonds is 1. The van der Waals surface area contributed by atoms with Crippen LogP contribution in [-0.2, 0) is 0 Å². The Morgan fingerprint density at radius 3 is 2.93 bits per heavy atom. The van der Waals surface area contributed by atoms with Crippen LogP contribution in [0.3, 0.4) is 0 Å². The molecule has 0 radical (unpaired) electrons. The van der Waals surface area contributed by atoms with Gasteiger partial charge in [0.2, 0.25) is 0 Å². The van der Waals surface area contributed by atoms with E-state index in [2.05, 4.69) is 9.97 Å². The van der Waals surface area contributed by atoms with Gasteiger partial charge >= 0.3 is 0 Å². The molecular weight excluding hydrogens is 176 g/mol. The maximum atomic E-state index is 11.6. The quantitative estimate of drug-likeness (QED) is 0.744. The highest BCUT2D eigenvalue weighted by atomic mass is 16.1. The molecule has 0 bridgehead atoms. The first kappa shape index (κ1) is 8.94. The van der Waals surface area contributed by atoms with E-state index in [1.54, 1.807) is 12.4 Å². The van der Waals surface area contributed by atoms with Gasteiger partial charge in [-0.2, -0.15) is 0 Å². The number of pyridine rings is 2. The molecule has 0 aliphatic rings. The van der Waals surface area contributed by atoms with Crippen molar-refractivity contribution in [1.82, 2.24) is 9.97 Å². The molecular formula is C11H12N2O. The summed E-state index contributed by atoms with van der Waals surface area (Å²) in [5.41, 5.74) is 1.60. The molecule has 0 aliphatic carbocycles. The third-order valence-electron chi connectivity index (χ3n) is 2.30. The van der Waals surface area contributed by atoms with Gasteiger partial charge in [0.15, 0.2) is 0 Å². The zero-order valence-electron chi connectivity index (χ0n) is 8.24. The van der Waals surface area contributed by atoms with Gasteiger partial charge < -0.3 is 4.98 Å². The molecule has 0 aromatic carbocycles. The van der Waals surface area contributed by atoms with Gasteiger partial charge in [0.1, 0.15) is 0 Å². The van der Waals surface area contributed by atoms with Crippen molar-refractivity contribution < 1.29 is 0 Å². The number of nitrogens with zero attached hydrogens (tertiary/aromatic N) is 1. The summed E-state index contributed by atoms with van der Waals surface area (Å²) in [6.07, 6.45) is 3.39. The minimum absolute atomic E-state index is 0.0134. The minimum Gasteiger partial charge on any atom is -0.320 e. The third-order valence-corrected chi connectivity index (χ3v) is 2.30. The molecule has 14 heavy (non-hydrogen) atoms. The minimum atomic E-state index is -0.0134. The van der Waals surface area contributed by atoms with Crippen LogP contribution in [0.4, 0.5) is 0 Å². The summed E-state index contributed by atoms with van der Waals surface area (Å²) < 4.78 is 0. The largest absolute Gasteiger partial charge is 0.320 e. The number of hydrogen-bond acceptors (Lipinski definition) is 2. The van der Waals surface area contributed by atoms with Crippen molar-refractivity contribution in [3.05, 3.63) is 40.4 Å². The van der Waals surface area contributed by atoms with E-state index in [1.807, 2.05) is 26.0 Å². The predicted molar refractivity (Wildman–Crippen MR) is 56.5 cm³/mol. The van der Waals surface area contributed by atoms with Gasteiger partial charge in [-0.25, -0.2) is 0 Å². The summed E-state index contributed by atoms with van der Waals surface area (Å²) in [7, 11) is 0. The Morgan fingerprint density at radius 1 is 1.43 bits per heavy atom. The molecule has 0 fully saturated rings. The van der Waals surface area contributed by atoms with Crippen LogP contribution in [-0.4, -0.2) is 9.97 Å². The highest BCUT2D eigenvalue weighted by molar-refractivity contribution is 5.77. The van der Waals surface area contributed by atoms with Gasteiger partial charge in [-0.05, 0) is 18.1 Å². The van der Waals surface area contributed by atoms with Crippen molar-refractivity contribution in [3.63, 3.8) is 0 Å². The zero-order chi connectivity index (χ0) is 10.1. The molecule has 0 atom stereocenters. The van der Waals surface area contributed by atoms with Crippen LogP contribution < -0.4 is 5.56 Å². The number of aromatic amines is 1. The molecule has 0 unspecified atom stereocenters. The third kappa shape index (κ3) is 1.41. The first-order valence-electron chi connectivity index (χ1n) is 4.65. The average Bonchev–Trinajstić information content (AvgIpc) is 2.16. The van der Waals surface area contributed by atoms with Crippen molar-refractivity contribution in [2.45, 2.75) is 19.8 Å². The van der Waals surface area contributed by atoms with Crippen LogP contribution in [0.15, 0.2) is 29.3 Å². The first-order chi connectivity index (χ1) is 6.68. The highest BCUT2D eigenvalue weighted by Crippen LogP contribution is 2.14. The van der Waals surface area contributed by atoms with Crippen LogP contribution in [0.2, 0.25) is 0 Å². The Bertz CT molecular complexity index is 514. The molecule has 3 nitrogen and oxygen atoms in total. The van der Waals surface area contributed by atoms with Crippen LogP contribution in [0.25, 0.3) is 10.9 Å². The number of aromatic nitrogens is 2. The topological polar surface area (TPSA) is 45.8 Å². The lowest BCUT2D eigenvalue weighted by Crippen LogP contribution is -2.13. The van der Waals surface area contributed by atoms with E-state index in [0.29, 0.717) is 0 Å². The lowest BCUT2D eigenvalue weighted by atomic mass is 10.0. The summed E-state index contributed by atoms with van der Waals surface area (Å²) in [4.78, 5) is 18.4. The van der Waals surface area contributed by atoms with Crippen molar-refractivity contribution in [2.75, 3.05) is 0 Å². The van der Waals surface area contributed by atoms with Gasteiger partial charge in [0.05, 0.1) is 11.7 Å². The highest BCUT2D eigenvalue weighted by Gasteiger charge is 2.05. The lowest BCUT2D eigenvalue weighted by molar-refractivity contribution is 0.848. The summed E-state index contributed by atoms with van der Waals surface area (Å²) in [6.45, 7) is 4.02. The van der Waals surface area contributed by atoms with E-state index in [1.165, 1.54) is 0 Å². The van der Waals surface area contributed by atoms with Crippen LogP contribution in [0.5, 0.6) is 0 Å². The molecule has 0 amide bonds. The Labute approximate surface area is 81.8 Å². The van der Waals surface area contributed by atoms with Crippen LogP contribution in [0.1, 0.15) is 25.3 Å². The second-order valence-electron chi connectivity index (χ2n) is 3.67. The van der Waals surface area contributed by atoms with E-state index in [4.69, 9.17) is 0 Å². The van der Waals surface area contributed by atoms with Crippen molar-refractivity contribution in [2.24, 2.45) is 0 Å². The van der Waals surface area contributed by atoms with E-state index in [0.717, 1.165) is 16.5 Å². The van der Waals surface area contributed by atoms with E-state index in [-0.39, 0.29) is 11.5 Å². The Hall–Kier alpha value is -1.64. The lowest BCUT2D eigenvalue weighted by Gasteiger charge is -2.05. The normalized spacial score (nSPS) is 11.1. The van der Waals surface area contributed by atoms with Gasteiger partial charge in [-0.1, -0.05) is 13.8 Å². The zero-order valence-corrected chi connectivity index (χ0v) is 8.24. The van der Waals surface area contributed by atoms with Gasteiger partial charge in [-0.15, -0.1) is 0 Å². The smallest absolute Gasteiger partial charge is 0.251 e. The molecule has 0 spiro atoms. The molecule has 2 heterocycles. The fourth-order valence-corrected chi connectivity index (χ4v) is 1.49. The Balaban J connectivity index is 2.78. The Morgan fingerprint density at radius 2 is 2.21 bits per heavy atom. The maximum absolute atomic E-state index is 11.6. The second-order valence-corrected chi connectivity index (χ2v) is 3.67. The molecule has 0 aliphatic heterocycles. The van der Waals surface area contributed by atoms with Crippen molar-refractivity contribution >= 4 is 10.9 Å². The second kappa shape index (κ2) is 3.25. The molecule has 2 aromatic heterocycles. The van der Waals surface area contributed by atoms with Crippen LogP contribution in [0, 0.1) is 0 Å². The molecule has 3 heteroatoms. The van der Waals surface area contributed by atoms with Crippen molar-refractivity contribution in [1.29, 1.82) is 0 Å². The monoisotopic (exact) mass is 188 g/mol. The molecule has 72 valence electrons. The molecule has 2 aromatic rings. The number of hydrogen-bond donors (Lipinski definition) is 1. The SMILES string of the molecule is CC(C)c1cc2ccncc2[nH]c1=O. The van der Waals surface area contributed by atoms with E-state index >= 15 is 0 Å². The number of fused-ring (bicyclic) bond motifs is 1. The fraction of sp³-hybridized carbons (Fsp3) is 0.273. The summed E-state index contributed by atoms with van der Waals surface area (Å²) in [6, 6.07) is 3.83. The summed E-state index contributed by atoms with van der Waals surface area (Å²) >= 11 is 0. The van der Waals surface area contributed by atoms with Crippen LogP contribution >= 0.6 is 0 Å². The van der Waals surface area contributed by atoms with Crippen molar-refractivity contribution in [3.8, 4) is 0 Å². The first-order valence-corrected chi connectivity index (χ1v) is 4.65. The summed E-state index contributed by atoms with van der Waals surface area (Å²) in [5.74, 6) is 0.247. The van der Waals surface area contributed by atoms with E-state index in [9.17, 15) is 4.79 Å². The number of nitrogens with one attached hydrogen (secondary N) is 1. The molecule has 0 saturated heterocycles. The standard InChI is InChI=1S/C11H12N2O/c1-7(2)9-5-8-3-4-12-6-10(8)13-11(9)14/h3-7H,1-2H3,(H,13,14). The van der Waals surface area contributed by atoms with Gasteiger partial charge in [-0.3, -0.25) is 9.78 Å².